The minimum absolute atomic E-state index is 0.273. The number of sulfonamides is 1. The van der Waals surface area contributed by atoms with Crippen molar-refractivity contribution >= 4 is 21.6 Å². The van der Waals surface area contributed by atoms with Crippen LogP contribution in [0.15, 0.2) is 48.5 Å². The van der Waals surface area contributed by atoms with Gasteiger partial charge in [0.05, 0.1) is 26.2 Å². The van der Waals surface area contributed by atoms with Crippen LogP contribution in [0.3, 0.4) is 0 Å². The normalized spacial score (nSPS) is 11.0. The molecule has 0 aliphatic rings. The van der Waals surface area contributed by atoms with Gasteiger partial charge < -0.3 is 14.8 Å². The van der Waals surface area contributed by atoms with Crippen molar-refractivity contribution in [2.45, 2.75) is 12.8 Å². The number of carbonyl (C=O) groups is 1. The van der Waals surface area contributed by atoms with Gasteiger partial charge in [0.15, 0.2) is 0 Å². The third-order valence-corrected chi connectivity index (χ3v) is 5.29. The van der Waals surface area contributed by atoms with E-state index >= 15 is 0 Å². The van der Waals surface area contributed by atoms with Crippen LogP contribution in [0.25, 0.3) is 0 Å². The summed E-state index contributed by atoms with van der Waals surface area (Å²) in [4.78, 5) is 12.2. The molecule has 2 aromatic rings. The Labute approximate surface area is 166 Å². The van der Waals surface area contributed by atoms with Crippen molar-refractivity contribution in [2.75, 3.05) is 37.9 Å². The van der Waals surface area contributed by atoms with Crippen LogP contribution in [0.4, 0.5) is 5.69 Å². The van der Waals surface area contributed by atoms with Gasteiger partial charge in [0.25, 0.3) is 0 Å². The van der Waals surface area contributed by atoms with Crippen LogP contribution in [-0.2, 0) is 21.2 Å². The number of carbonyl (C=O) groups excluding carboxylic acids is 1. The molecule has 0 radical (unpaired) electrons. The lowest BCUT2D eigenvalue weighted by Gasteiger charge is -2.22. The average Bonchev–Trinajstić information content (AvgIpc) is 2.69. The number of nitrogens with one attached hydrogen (secondary N) is 1. The van der Waals surface area contributed by atoms with Crippen LogP contribution < -0.4 is 19.1 Å². The summed E-state index contributed by atoms with van der Waals surface area (Å²) in [6.45, 7) is 0.181. The highest BCUT2D eigenvalue weighted by molar-refractivity contribution is 7.92. The molecule has 152 valence electrons. The highest BCUT2D eigenvalue weighted by atomic mass is 32.2. The Morgan fingerprint density at radius 2 is 1.71 bits per heavy atom. The Balaban J connectivity index is 1.89. The molecule has 8 heteroatoms. The molecule has 7 nitrogen and oxygen atoms in total. The van der Waals surface area contributed by atoms with Crippen LogP contribution in [0.1, 0.15) is 12.0 Å². The summed E-state index contributed by atoms with van der Waals surface area (Å²) < 4.78 is 35.5. The number of hydrogen-bond acceptors (Lipinski definition) is 5. The molecule has 0 aromatic heterocycles. The van der Waals surface area contributed by atoms with Gasteiger partial charge in [-0.05, 0) is 54.8 Å². The zero-order valence-corrected chi connectivity index (χ0v) is 17.2. The predicted molar refractivity (Wildman–Crippen MR) is 110 cm³/mol. The number of methoxy groups -OCH3 is 2. The predicted octanol–water partition coefficient (Wildman–Crippen LogP) is 2.22. The molecule has 0 unspecified atom stereocenters. The molecular weight excluding hydrogens is 380 g/mol. The number of rotatable bonds is 10. The summed E-state index contributed by atoms with van der Waals surface area (Å²) in [5.41, 5.74) is 1.53. The standard InChI is InChI=1S/C20H26N2O5S/c1-26-18-11-9-17(10-12-18)22(28(3,24)25)15-20(23)21-13-5-7-16-6-4-8-19(14-16)27-2/h4,6,8-12,14H,5,7,13,15H2,1-3H3,(H,21,23). The first-order valence-corrected chi connectivity index (χ1v) is 10.7. The van der Waals surface area contributed by atoms with Crippen LogP contribution >= 0.6 is 0 Å². The SMILES string of the molecule is COc1ccc(N(CC(=O)NCCCc2cccc(OC)c2)S(C)(=O)=O)cc1. The number of ether oxygens (including phenoxy) is 2. The van der Waals surface area contributed by atoms with Gasteiger partial charge in [-0.1, -0.05) is 12.1 Å². The van der Waals surface area contributed by atoms with Crippen molar-refractivity contribution < 1.29 is 22.7 Å². The van der Waals surface area contributed by atoms with E-state index < -0.39 is 10.0 Å². The first kappa shape index (κ1) is 21.6. The minimum atomic E-state index is -3.60. The fraction of sp³-hybridized carbons (Fsp3) is 0.350. The van der Waals surface area contributed by atoms with E-state index in [2.05, 4.69) is 5.32 Å². The molecule has 28 heavy (non-hydrogen) atoms. The fourth-order valence-electron chi connectivity index (χ4n) is 2.68. The highest BCUT2D eigenvalue weighted by Gasteiger charge is 2.20. The summed E-state index contributed by atoms with van der Waals surface area (Å²) in [7, 11) is -0.445. The Morgan fingerprint density at radius 3 is 2.32 bits per heavy atom. The van der Waals surface area contributed by atoms with Crippen molar-refractivity contribution in [1.29, 1.82) is 0 Å². The van der Waals surface area contributed by atoms with Gasteiger partial charge in [-0.2, -0.15) is 0 Å². The Morgan fingerprint density at radius 1 is 1.04 bits per heavy atom. The van der Waals surface area contributed by atoms with Gasteiger partial charge >= 0.3 is 0 Å². The first-order chi connectivity index (χ1) is 13.3. The number of aryl methyl sites for hydroxylation is 1. The summed E-state index contributed by atoms with van der Waals surface area (Å²) in [5.74, 6) is 1.05. The number of benzene rings is 2. The Kier molecular flexibility index (Phi) is 7.69. The maximum atomic E-state index is 12.2. The monoisotopic (exact) mass is 406 g/mol. The maximum absolute atomic E-state index is 12.2. The molecule has 0 atom stereocenters. The molecule has 0 spiro atoms. The lowest BCUT2D eigenvalue weighted by Crippen LogP contribution is -2.40. The van der Waals surface area contributed by atoms with E-state index in [1.807, 2.05) is 24.3 Å². The largest absolute Gasteiger partial charge is 0.497 e. The van der Waals surface area contributed by atoms with Crippen LogP contribution in [0, 0.1) is 0 Å². The quantitative estimate of drug-likeness (QED) is 0.612. The van der Waals surface area contributed by atoms with Crippen molar-refractivity contribution in [3.63, 3.8) is 0 Å². The van der Waals surface area contributed by atoms with E-state index in [4.69, 9.17) is 9.47 Å². The van der Waals surface area contributed by atoms with Gasteiger partial charge in [0.1, 0.15) is 18.0 Å². The van der Waals surface area contributed by atoms with Crippen LogP contribution in [-0.4, -0.2) is 47.9 Å². The minimum Gasteiger partial charge on any atom is -0.497 e. The molecule has 0 saturated heterocycles. The Bertz CT molecular complexity index is 882. The highest BCUT2D eigenvalue weighted by Crippen LogP contribution is 2.21. The second-order valence-corrected chi connectivity index (χ2v) is 8.18. The van der Waals surface area contributed by atoms with Crippen molar-refractivity contribution in [3.05, 3.63) is 54.1 Å². The molecule has 2 aromatic carbocycles. The van der Waals surface area contributed by atoms with Crippen LogP contribution in [0.5, 0.6) is 11.5 Å². The van der Waals surface area contributed by atoms with Gasteiger partial charge in [-0.25, -0.2) is 8.42 Å². The molecule has 0 heterocycles. The Hall–Kier alpha value is -2.74. The smallest absolute Gasteiger partial charge is 0.240 e. The van der Waals surface area contributed by atoms with Crippen molar-refractivity contribution in [3.8, 4) is 11.5 Å². The third kappa shape index (κ3) is 6.45. The van der Waals surface area contributed by atoms with Gasteiger partial charge in [-0.15, -0.1) is 0 Å². The maximum Gasteiger partial charge on any atom is 0.240 e. The van der Waals surface area contributed by atoms with E-state index in [1.54, 1.807) is 31.4 Å². The van der Waals surface area contributed by atoms with Gasteiger partial charge in [-0.3, -0.25) is 9.10 Å². The lowest BCUT2D eigenvalue weighted by molar-refractivity contribution is -0.119. The number of nitrogens with zero attached hydrogens (tertiary/aromatic N) is 1. The molecule has 0 aliphatic carbocycles. The zero-order valence-electron chi connectivity index (χ0n) is 16.3. The third-order valence-electron chi connectivity index (χ3n) is 4.15. The number of amides is 1. The van der Waals surface area contributed by atoms with Gasteiger partial charge in [0.2, 0.25) is 15.9 Å². The average molecular weight is 407 g/mol. The molecule has 0 bridgehead atoms. The number of hydrogen-bond donors (Lipinski definition) is 1. The van der Waals surface area contributed by atoms with Gasteiger partial charge in [0, 0.05) is 6.54 Å². The van der Waals surface area contributed by atoms with E-state index in [-0.39, 0.29) is 12.5 Å². The van der Waals surface area contributed by atoms with E-state index in [9.17, 15) is 13.2 Å². The zero-order chi connectivity index (χ0) is 20.6. The van der Waals surface area contributed by atoms with E-state index in [0.29, 0.717) is 18.0 Å². The molecule has 2 rings (SSSR count). The molecule has 1 amide bonds. The van der Waals surface area contributed by atoms with E-state index in [1.165, 1.54) is 7.11 Å². The summed E-state index contributed by atoms with van der Waals surface area (Å²) >= 11 is 0. The summed E-state index contributed by atoms with van der Waals surface area (Å²) in [5, 5.41) is 2.78. The molecular formula is C20H26N2O5S. The molecule has 0 saturated carbocycles. The van der Waals surface area contributed by atoms with Crippen LogP contribution in [0.2, 0.25) is 0 Å². The second kappa shape index (κ2) is 9.98. The molecule has 0 fully saturated rings. The van der Waals surface area contributed by atoms with Crippen molar-refractivity contribution in [1.82, 2.24) is 5.32 Å². The lowest BCUT2D eigenvalue weighted by atomic mass is 10.1. The molecule has 1 N–H and O–H groups in total. The topological polar surface area (TPSA) is 84.9 Å². The number of anilines is 1. The first-order valence-electron chi connectivity index (χ1n) is 8.85. The van der Waals surface area contributed by atoms with E-state index in [0.717, 1.165) is 34.7 Å². The second-order valence-electron chi connectivity index (χ2n) is 6.27. The molecule has 0 aliphatic heterocycles. The fourth-order valence-corrected chi connectivity index (χ4v) is 3.54. The summed E-state index contributed by atoms with van der Waals surface area (Å²) in [6, 6.07) is 14.3. The summed E-state index contributed by atoms with van der Waals surface area (Å²) in [6.07, 6.45) is 2.60. The van der Waals surface area contributed by atoms with Crippen molar-refractivity contribution in [2.24, 2.45) is 0 Å².